The Morgan fingerprint density at radius 3 is 2.83 bits per heavy atom. The molecular weight excluding hydrogens is 236 g/mol. The lowest BCUT2D eigenvalue weighted by atomic mass is 10.1. The number of esters is 1. The van der Waals surface area contributed by atoms with Gasteiger partial charge in [-0.1, -0.05) is 18.2 Å². The maximum atomic E-state index is 11.7. The molecule has 0 amide bonds. The number of carbonyl (C=O) groups is 1. The fraction of sp³-hybridized carbons (Fsp3) is 0.0769. The molecule has 0 radical (unpaired) electrons. The van der Waals surface area contributed by atoms with Crippen molar-refractivity contribution >= 4 is 27.9 Å². The fourth-order valence-corrected chi connectivity index (χ4v) is 1.94. The van der Waals surface area contributed by atoms with E-state index in [1.54, 1.807) is 24.3 Å². The molecule has 3 rings (SSSR count). The largest absolute Gasteiger partial charge is 0.465 e. The second-order valence-electron chi connectivity index (χ2n) is 3.73. The van der Waals surface area contributed by atoms with E-state index in [4.69, 9.17) is 8.83 Å². The van der Waals surface area contributed by atoms with Crippen LogP contribution >= 0.6 is 0 Å². The topological polar surface area (TPSA) is 69.7 Å². The Hall–Kier alpha value is -2.56. The number of fused-ring (bicyclic) bond motifs is 3. The molecule has 0 atom stereocenters. The summed E-state index contributed by atoms with van der Waals surface area (Å²) < 4.78 is 14.8. The predicted molar refractivity (Wildman–Crippen MR) is 63.6 cm³/mol. The van der Waals surface area contributed by atoms with Crippen LogP contribution in [0, 0.1) is 0 Å². The molecule has 18 heavy (non-hydrogen) atoms. The van der Waals surface area contributed by atoms with Gasteiger partial charge in [-0.2, -0.15) is 0 Å². The van der Waals surface area contributed by atoms with Crippen LogP contribution in [0.25, 0.3) is 21.9 Å². The summed E-state index contributed by atoms with van der Waals surface area (Å²) in [5, 5.41) is 1.11. The van der Waals surface area contributed by atoms with Crippen LogP contribution in [0.5, 0.6) is 0 Å². The first kappa shape index (κ1) is 10.6. The van der Waals surface area contributed by atoms with Crippen molar-refractivity contribution in [1.82, 2.24) is 0 Å². The maximum Gasteiger partial charge on any atom is 0.379 e. The average molecular weight is 244 g/mol. The van der Waals surface area contributed by atoms with E-state index in [9.17, 15) is 9.59 Å². The van der Waals surface area contributed by atoms with E-state index in [0.717, 1.165) is 6.26 Å². The van der Waals surface area contributed by atoms with Gasteiger partial charge in [0, 0.05) is 5.39 Å². The number of rotatable bonds is 1. The molecule has 5 nitrogen and oxygen atoms in total. The lowest BCUT2D eigenvalue weighted by Crippen LogP contribution is -2.06. The molecule has 3 aromatic rings. The van der Waals surface area contributed by atoms with Crippen molar-refractivity contribution in [2.45, 2.75) is 0 Å². The van der Waals surface area contributed by atoms with Crippen molar-refractivity contribution in [3.05, 3.63) is 46.5 Å². The normalized spacial score (nSPS) is 10.9. The minimum Gasteiger partial charge on any atom is -0.465 e. The summed E-state index contributed by atoms with van der Waals surface area (Å²) in [5.74, 6) is -0.574. The van der Waals surface area contributed by atoms with Gasteiger partial charge in [-0.25, -0.2) is 9.59 Å². The average Bonchev–Trinajstić information content (AvgIpc) is 2.79. The van der Waals surface area contributed by atoms with Gasteiger partial charge < -0.3 is 13.6 Å². The van der Waals surface area contributed by atoms with Crippen molar-refractivity contribution in [2.75, 3.05) is 7.11 Å². The van der Waals surface area contributed by atoms with E-state index < -0.39 is 11.6 Å². The molecule has 1 aromatic carbocycles. The van der Waals surface area contributed by atoms with Crippen LogP contribution in [0.15, 0.2) is 44.2 Å². The Balaban J connectivity index is 2.56. The summed E-state index contributed by atoms with van der Waals surface area (Å²) in [6.45, 7) is 0. The highest BCUT2D eigenvalue weighted by Crippen LogP contribution is 2.29. The fourth-order valence-electron chi connectivity index (χ4n) is 1.94. The first-order chi connectivity index (χ1) is 8.72. The maximum absolute atomic E-state index is 11.7. The number of benzene rings is 1. The van der Waals surface area contributed by atoms with Gasteiger partial charge in [0.1, 0.15) is 17.4 Å². The zero-order valence-corrected chi connectivity index (χ0v) is 9.43. The highest BCUT2D eigenvalue weighted by Gasteiger charge is 2.20. The lowest BCUT2D eigenvalue weighted by Gasteiger charge is -1.98. The zero-order chi connectivity index (χ0) is 12.7. The van der Waals surface area contributed by atoms with Crippen molar-refractivity contribution in [3.63, 3.8) is 0 Å². The van der Waals surface area contributed by atoms with Gasteiger partial charge in [0.15, 0.2) is 0 Å². The second-order valence-corrected chi connectivity index (χ2v) is 3.73. The minimum absolute atomic E-state index is 0.0269. The third-order valence-electron chi connectivity index (χ3n) is 2.74. The first-order valence-corrected chi connectivity index (χ1v) is 5.23. The second kappa shape index (κ2) is 3.73. The SMILES string of the molecule is COC(=O)c1coc(=O)c2oc3ccccc3c12. The summed E-state index contributed by atoms with van der Waals surface area (Å²) in [7, 11) is 1.27. The van der Waals surface area contributed by atoms with Crippen LogP contribution in [0.1, 0.15) is 10.4 Å². The molecule has 0 aliphatic heterocycles. The summed E-state index contributed by atoms with van der Waals surface area (Å²) in [6.07, 6.45) is 1.10. The van der Waals surface area contributed by atoms with Gasteiger partial charge in [0.05, 0.1) is 12.5 Å². The van der Waals surface area contributed by atoms with Gasteiger partial charge in [-0.3, -0.25) is 0 Å². The quantitative estimate of drug-likeness (QED) is 0.614. The predicted octanol–water partition coefficient (Wildman–Crippen LogP) is 2.33. The lowest BCUT2D eigenvalue weighted by molar-refractivity contribution is 0.0600. The van der Waals surface area contributed by atoms with Gasteiger partial charge in [0.25, 0.3) is 0 Å². The molecule has 0 aliphatic carbocycles. The van der Waals surface area contributed by atoms with Crippen LogP contribution < -0.4 is 5.63 Å². The monoisotopic (exact) mass is 244 g/mol. The molecule has 0 spiro atoms. The van der Waals surface area contributed by atoms with Gasteiger partial charge in [-0.05, 0) is 6.07 Å². The van der Waals surface area contributed by atoms with Crippen LogP contribution in [0.2, 0.25) is 0 Å². The van der Waals surface area contributed by atoms with Gasteiger partial charge in [-0.15, -0.1) is 0 Å². The minimum atomic E-state index is -0.617. The van der Waals surface area contributed by atoms with E-state index in [2.05, 4.69) is 4.74 Å². The number of carbonyl (C=O) groups excluding carboxylic acids is 1. The molecule has 2 aromatic heterocycles. The van der Waals surface area contributed by atoms with E-state index in [0.29, 0.717) is 16.4 Å². The Kier molecular flexibility index (Phi) is 2.19. The third kappa shape index (κ3) is 1.34. The Labute approximate surface area is 101 Å². The summed E-state index contributed by atoms with van der Waals surface area (Å²) in [5.41, 5.74) is 0.112. The van der Waals surface area contributed by atoms with Crippen molar-refractivity contribution in [3.8, 4) is 0 Å². The zero-order valence-electron chi connectivity index (χ0n) is 9.43. The molecular formula is C13H8O5. The molecule has 0 aliphatic rings. The number of hydrogen-bond acceptors (Lipinski definition) is 5. The summed E-state index contributed by atoms with van der Waals surface area (Å²) >= 11 is 0. The highest BCUT2D eigenvalue weighted by atomic mass is 16.5. The van der Waals surface area contributed by atoms with E-state index >= 15 is 0 Å². The molecule has 2 heterocycles. The summed E-state index contributed by atoms with van der Waals surface area (Å²) in [6, 6.07) is 7.07. The van der Waals surface area contributed by atoms with Crippen molar-refractivity contribution in [2.24, 2.45) is 0 Å². The molecule has 90 valence electrons. The van der Waals surface area contributed by atoms with E-state index in [1.165, 1.54) is 7.11 Å². The van der Waals surface area contributed by atoms with Gasteiger partial charge >= 0.3 is 11.6 Å². The Morgan fingerprint density at radius 1 is 1.28 bits per heavy atom. The number of para-hydroxylation sites is 1. The van der Waals surface area contributed by atoms with Crippen LogP contribution in [0.4, 0.5) is 0 Å². The molecule has 0 bridgehead atoms. The van der Waals surface area contributed by atoms with Gasteiger partial charge in [0.2, 0.25) is 5.58 Å². The molecule has 0 unspecified atom stereocenters. The third-order valence-corrected chi connectivity index (χ3v) is 2.74. The molecule has 0 fully saturated rings. The van der Waals surface area contributed by atoms with Crippen LogP contribution in [-0.2, 0) is 4.74 Å². The number of hydrogen-bond donors (Lipinski definition) is 0. The van der Waals surface area contributed by atoms with Crippen molar-refractivity contribution < 1.29 is 18.4 Å². The Bertz CT molecular complexity index is 809. The molecule has 0 saturated heterocycles. The standard InChI is InChI=1S/C13H8O5/c1-16-12(14)8-6-17-13(15)11-10(8)7-4-2-3-5-9(7)18-11/h2-6H,1H3. The Morgan fingerprint density at radius 2 is 2.06 bits per heavy atom. The summed E-state index contributed by atoms with van der Waals surface area (Å²) in [4.78, 5) is 23.3. The van der Waals surface area contributed by atoms with Crippen molar-refractivity contribution in [1.29, 1.82) is 0 Å². The number of ether oxygens (including phenoxy) is 1. The van der Waals surface area contributed by atoms with E-state index in [1.807, 2.05) is 0 Å². The molecule has 0 N–H and O–H groups in total. The van der Waals surface area contributed by atoms with Crippen LogP contribution in [-0.4, -0.2) is 13.1 Å². The molecule has 0 saturated carbocycles. The smallest absolute Gasteiger partial charge is 0.379 e. The number of furan rings is 1. The first-order valence-electron chi connectivity index (χ1n) is 5.23. The van der Waals surface area contributed by atoms with E-state index in [-0.39, 0.29) is 11.1 Å². The molecule has 5 heteroatoms. The highest BCUT2D eigenvalue weighted by molar-refractivity contribution is 6.14. The van der Waals surface area contributed by atoms with Crippen LogP contribution in [0.3, 0.4) is 0 Å². The number of methoxy groups -OCH3 is 1.